The number of hydrogen-bond donors (Lipinski definition) is 4. The van der Waals surface area contributed by atoms with Crippen LogP contribution in [0.1, 0.15) is 20.3 Å². The summed E-state index contributed by atoms with van der Waals surface area (Å²) in [5.41, 5.74) is 5.11. The lowest BCUT2D eigenvalue weighted by Crippen LogP contribution is -2.54. The van der Waals surface area contributed by atoms with Crippen LogP contribution in [0.25, 0.3) is 0 Å². The van der Waals surface area contributed by atoms with Gasteiger partial charge in [-0.2, -0.15) is 0 Å². The number of aliphatic carboxylic acids is 1. The Balaban J connectivity index is 4.53. The van der Waals surface area contributed by atoms with Gasteiger partial charge in [-0.25, -0.2) is 9.59 Å². The number of hydrogen-bond acceptors (Lipinski definition) is 3. The van der Waals surface area contributed by atoms with Gasteiger partial charge in [0.25, 0.3) is 0 Å². The monoisotopic (exact) mass is 255 g/mol. The molecule has 0 saturated carbocycles. The quantitative estimate of drug-likeness (QED) is 0.467. The second-order valence-corrected chi connectivity index (χ2v) is 4.04. The summed E-state index contributed by atoms with van der Waals surface area (Å²) in [7, 11) is 0. The molecule has 0 rings (SSSR count). The first kappa shape index (κ1) is 15.8. The number of carboxylic acids is 1. The molecule has 2 atom stereocenters. The Bertz CT molecular complexity index is 373. The molecule has 0 aliphatic rings. The minimum atomic E-state index is -1.25. The van der Waals surface area contributed by atoms with E-state index in [1.807, 2.05) is 0 Å². The van der Waals surface area contributed by atoms with Crippen LogP contribution in [-0.4, -0.2) is 35.1 Å². The molecule has 0 aromatic carbocycles. The van der Waals surface area contributed by atoms with E-state index in [2.05, 4.69) is 16.6 Å². The minimum absolute atomic E-state index is 0.147. The molecular weight excluding hydrogens is 238 g/mol. The molecule has 3 amide bonds. The molecule has 2 unspecified atom stereocenters. The van der Waals surface area contributed by atoms with Gasteiger partial charge in [0.1, 0.15) is 12.1 Å². The molecule has 0 saturated heterocycles. The molecule has 0 aromatic rings. The van der Waals surface area contributed by atoms with Crippen LogP contribution in [0.4, 0.5) is 4.79 Å². The zero-order valence-corrected chi connectivity index (χ0v) is 10.3. The highest BCUT2D eigenvalue weighted by atomic mass is 16.4. The van der Waals surface area contributed by atoms with Gasteiger partial charge >= 0.3 is 12.0 Å². The molecule has 7 heteroatoms. The summed E-state index contributed by atoms with van der Waals surface area (Å²) in [4.78, 5) is 33.3. The van der Waals surface area contributed by atoms with Crippen molar-refractivity contribution in [1.29, 1.82) is 0 Å². The molecule has 0 fully saturated rings. The lowest BCUT2D eigenvalue weighted by Gasteiger charge is -2.20. The summed E-state index contributed by atoms with van der Waals surface area (Å²) in [5, 5.41) is 13.2. The molecule has 18 heavy (non-hydrogen) atoms. The fourth-order valence-electron chi connectivity index (χ4n) is 1.23. The summed E-state index contributed by atoms with van der Waals surface area (Å²) >= 11 is 0. The third kappa shape index (κ3) is 5.21. The molecule has 7 nitrogen and oxygen atoms in total. The first-order chi connectivity index (χ1) is 8.29. The molecule has 0 radical (unpaired) electrons. The fraction of sp³-hybridized carbons (Fsp3) is 0.545. The Labute approximate surface area is 105 Å². The molecule has 0 aliphatic carbocycles. The van der Waals surface area contributed by atoms with Gasteiger partial charge in [0.05, 0.1) is 0 Å². The van der Waals surface area contributed by atoms with E-state index < -0.39 is 30.0 Å². The second kappa shape index (κ2) is 7.17. The van der Waals surface area contributed by atoms with Gasteiger partial charge in [-0.1, -0.05) is 13.8 Å². The Morgan fingerprint density at radius 1 is 1.33 bits per heavy atom. The highest BCUT2D eigenvalue weighted by Crippen LogP contribution is 2.00. The van der Waals surface area contributed by atoms with Gasteiger partial charge in [-0.15, -0.1) is 12.3 Å². The van der Waals surface area contributed by atoms with Gasteiger partial charge in [0.2, 0.25) is 5.91 Å². The predicted octanol–water partition coefficient (Wildman–Crippen LogP) is -0.728. The van der Waals surface area contributed by atoms with Crippen LogP contribution in [0.15, 0.2) is 0 Å². The second-order valence-electron chi connectivity index (χ2n) is 4.04. The van der Waals surface area contributed by atoms with Crippen molar-refractivity contribution < 1.29 is 19.5 Å². The fourth-order valence-corrected chi connectivity index (χ4v) is 1.23. The molecule has 100 valence electrons. The van der Waals surface area contributed by atoms with E-state index >= 15 is 0 Å². The first-order valence-corrected chi connectivity index (χ1v) is 5.32. The molecule has 0 aliphatic heterocycles. The molecule has 5 N–H and O–H groups in total. The van der Waals surface area contributed by atoms with Gasteiger partial charge < -0.3 is 21.5 Å². The Hall–Kier alpha value is -2.23. The predicted molar refractivity (Wildman–Crippen MR) is 64.4 cm³/mol. The van der Waals surface area contributed by atoms with Crippen molar-refractivity contribution in [1.82, 2.24) is 10.6 Å². The van der Waals surface area contributed by atoms with Gasteiger partial charge in [-0.3, -0.25) is 4.79 Å². The molecule has 0 bridgehead atoms. The first-order valence-electron chi connectivity index (χ1n) is 5.32. The zero-order chi connectivity index (χ0) is 14.3. The van der Waals surface area contributed by atoms with Gasteiger partial charge in [0, 0.05) is 6.42 Å². The third-order valence-corrected chi connectivity index (χ3v) is 2.19. The van der Waals surface area contributed by atoms with E-state index in [1.165, 1.54) is 0 Å². The van der Waals surface area contributed by atoms with E-state index in [1.54, 1.807) is 13.8 Å². The van der Waals surface area contributed by atoms with E-state index in [-0.39, 0.29) is 12.3 Å². The number of terminal acetylenes is 1. The lowest BCUT2D eigenvalue weighted by molar-refractivity contribution is -0.139. The number of carbonyl (C=O) groups excluding carboxylic acids is 2. The largest absolute Gasteiger partial charge is 0.480 e. The van der Waals surface area contributed by atoms with E-state index in [0.717, 1.165) is 0 Å². The topological polar surface area (TPSA) is 122 Å². The summed E-state index contributed by atoms with van der Waals surface area (Å²) in [5.74, 6) is -0.00384. The third-order valence-electron chi connectivity index (χ3n) is 2.19. The van der Waals surface area contributed by atoms with Crippen LogP contribution in [0.3, 0.4) is 0 Å². The number of carbonyl (C=O) groups is 3. The maximum Gasteiger partial charge on any atom is 0.327 e. The number of primary amides is 1. The summed E-state index contributed by atoms with van der Waals surface area (Å²) in [6.45, 7) is 3.40. The number of carboxylic acid groups (broad SMARTS) is 1. The smallest absolute Gasteiger partial charge is 0.327 e. The number of amides is 3. The number of nitrogens with two attached hydrogens (primary N) is 1. The Kier molecular flexibility index (Phi) is 6.28. The van der Waals surface area contributed by atoms with Crippen LogP contribution in [0.5, 0.6) is 0 Å². The van der Waals surface area contributed by atoms with Crippen molar-refractivity contribution in [2.75, 3.05) is 0 Å². The minimum Gasteiger partial charge on any atom is -0.480 e. The van der Waals surface area contributed by atoms with E-state index in [0.29, 0.717) is 0 Å². The highest BCUT2D eigenvalue weighted by molar-refractivity contribution is 5.88. The Morgan fingerprint density at radius 2 is 1.89 bits per heavy atom. The number of nitrogens with one attached hydrogen (secondary N) is 2. The average Bonchev–Trinajstić information content (AvgIpc) is 2.24. The van der Waals surface area contributed by atoms with Crippen molar-refractivity contribution in [3.8, 4) is 12.3 Å². The molecule has 0 spiro atoms. The van der Waals surface area contributed by atoms with Crippen molar-refractivity contribution >= 4 is 17.9 Å². The maximum absolute atomic E-state index is 11.5. The van der Waals surface area contributed by atoms with Gasteiger partial charge in [-0.05, 0) is 5.92 Å². The standard InChI is InChI=1S/C11H17N3O4/c1-4-5-7(10(16)17)13-11(18)14-8(6(2)3)9(12)15/h1,6-8H,5H2,2-3H3,(H2,12,15)(H,16,17)(H2,13,14,18). The summed E-state index contributed by atoms with van der Waals surface area (Å²) < 4.78 is 0. The lowest BCUT2D eigenvalue weighted by atomic mass is 10.0. The van der Waals surface area contributed by atoms with Crippen LogP contribution in [-0.2, 0) is 9.59 Å². The van der Waals surface area contributed by atoms with Crippen LogP contribution >= 0.6 is 0 Å². The zero-order valence-electron chi connectivity index (χ0n) is 10.3. The van der Waals surface area contributed by atoms with E-state index in [9.17, 15) is 14.4 Å². The molecular formula is C11H17N3O4. The van der Waals surface area contributed by atoms with Crippen molar-refractivity contribution in [3.63, 3.8) is 0 Å². The molecule has 0 heterocycles. The number of rotatable bonds is 6. The normalized spacial score (nSPS) is 13.2. The van der Waals surface area contributed by atoms with Gasteiger partial charge in [0.15, 0.2) is 0 Å². The SMILES string of the molecule is C#CCC(NC(=O)NC(C(N)=O)C(C)C)C(=O)O. The van der Waals surface area contributed by atoms with Crippen molar-refractivity contribution in [3.05, 3.63) is 0 Å². The van der Waals surface area contributed by atoms with Crippen LogP contribution in [0.2, 0.25) is 0 Å². The van der Waals surface area contributed by atoms with Crippen molar-refractivity contribution in [2.45, 2.75) is 32.4 Å². The van der Waals surface area contributed by atoms with Crippen LogP contribution < -0.4 is 16.4 Å². The number of urea groups is 1. The van der Waals surface area contributed by atoms with Crippen molar-refractivity contribution in [2.24, 2.45) is 11.7 Å². The summed E-state index contributed by atoms with van der Waals surface area (Å²) in [6, 6.07) is -2.86. The summed E-state index contributed by atoms with van der Waals surface area (Å²) in [6.07, 6.45) is 4.83. The molecule has 0 aromatic heterocycles. The van der Waals surface area contributed by atoms with Crippen LogP contribution in [0, 0.1) is 18.3 Å². The maximum atomic E-state index is 11.5. The average molecular weight is 255 g/mol. The highest BCUT2D eigenvalue weighted by Gasteiger charge is 2.24. The Morgan fingerprint density at radius 3 is 2.22 bits per heavy atom. The van der Waals surface area contributed by atoms with E-state index in [4.69, 9.17) is 17.3 Å².